The van der Waals surface area contributed by atoms with E-state index in [9.17, 15) is 53.3 Å². The molecule has 2 amide bonds. The van der Waals surface area contributed by atoms with Crippen LogP contribution in [0.2, 0.25) is 0 Å². The molecule has 3 aliphatic heterocycles. The summed E-state index contributed by atoms with van der Waals surface area (Å²) in [5.41, 5.74) is 8.89. The summed E-state index contributed by atoms with van der Waals surface area (Å²) in [6.07, 6.45) is 13.1. The number of hydroxylamine groups is 2. The van der Waals surface area contributed by atoms with Crippen molar-refractivity contribution in [2.45, 2.75) is 122 Å². The Morgan fingerprint density at radius 2 is 1.33 bits per heavy atom. The standard InChI is InChI=1S/C58H69ClN4O13S3/c1-39-16-22-45-42(37-39)17-24-47-54(45)57(2,3)49(61(47)32-8-6-7-15-53(66)76-63-51(64)28-29-52(63)65)26-19-40-13-9-14-41(56(40)59)20-27-50-58(4,5)55-46-23-21-44(60(30-10-34-77(67,68)69)31-11-35-78(70,71)72)38-43(46)18-25-48(55)62(50)33-12-36-79(73,74)75/h16-27,37-38H,6-15,28-36H2,1-5H3,(H2-,67,68,69,70,71,72,73,74,75)/p+1. The number of benzene rings is 4. The Morgan fingerprint density at radius 3 is 2.00 bits per heavy atom. The third-order valence-electron chi connectivity index (χ3n) is 15.4. The first-order chi connectivity index (χ1) is 37.1. The molecule has 79 heavy (non-hydrogen) atoms. The average Bonchev–Trinajstić information content (AvgIpc) is 4.07. The number of carbonyl (C=O) groups excluding carboxylic acids is 3. The summed E-state index contributed by atoms with van der Waals surface area (Å²) < 4.78 is 101. The first-order valence-electron chi connectivity index (χ1n) is 26.8. The van der Waals surface area contributed by atoms with Crippen molar-refractivity contribution in [2.24, 2.45) is 0 Å². The third-order valence-corrected chi connectivity index (χ3v) is 18.3. The number of allylic oxidation sites excluding steroid dienone is 8. The minimum absolute atomic E-state index is 0.0385. The minimum Gasteiger partial charge on any atom is -0.371 e. The highest BCUT2D eigenvalue weighted by Gasteiger charge is 2.46. The molecule has 0 unspecified atom stereocenters. The molecule has 0 bridgehead atoms. The van der Waals surface area contributed by atoms with Crippen LogP contribution in [0.25, 0.3) is 21.5 Å². The summed E-state index contributed by atoms with van der Waals surface area (Å²) in [4.78, 5) is 45.6. The zero-order valence-corrected chi connectivity index (χ0v) is 48.5. The number of unbranched alkanes of at least 4 members (excludes halogenated alkanes) is 2. The van der Waals surface area contributed by atoms with Crippen molar-refractivity contribution < 1.29 is 62.7 Å². The maximum atomic E-state index is 12.6. The van der Waals surface area contributed by atoms with E-state index in [-0.39, 0.29) is 58.2 Å². The molecule has 4 aliphatic rings. The summed E-state index contributed by atoms with van der Waals surface area (Å²) in [7, 11) is -12.7. The van der Waals surface area contributed by atoms with E-state index in [1.165, 1.54) is 16.5 Å². The molecule has 0 atom stereocenters. The highest BCUT2D eigenvalue weighted by Crippen LogP contribution is 2.52. The Labute approximate surface area is 468 Å². The maximum Gasteiger partial charge on any atom is 0.333 e. The number of fused-ring (bicyclic) bond motifs is 6. The predicted molar refractivity (Wildman–Crippen MR) is 309 cm³/mol. The Hall–Kier alpha value is -5.74. The predicted octanol–water partition coefficient (Wildman–Crippen LogP) is 10.3. The molecular weight excluding hydrogens is 1090 g/mol. The highest BCUT2D eigenvalue weighted by molar-refractivity contribution is 7.86. The number of anilines is 2. The zero-order valence-electron chi connectivity index (χ0n) is 45.3. The molecule has 0 radical (unpaired) electrons. The average molecular weight is 1160 g/mol. The molecule has 424 valence electrons. The van der Waals surface area contributed by atoms with Crippen LogP contribution < -0.4 is 9.80 Å². The Kier molecular flexibility index (Phi) is 17.9. The van der Waals surface area contributed by atoms with Crippen LogP contribution in [0.1, 0.15) is 121 Å². The number of imide groups is 1. The number of amides is 2. The zero-order chi connectivity index (χ0) is 57.2. The Balaban J connectivity index is 1.09. The highest BCUT2D eigenvalue weighted by atomic mass is 35.5. The summed E-state index contributed by atoms with van der Waals surface area (Å²) in [5, 5.41) is 5.31. The molecule has 3 heterocycles. The van der Waals surface area contributed by atoms with Gasteiger partial charge in [-0.2, -0.15) is 29.8 Å². The van der Waals surface area contributed by atoms with Crippen molar-refractivity contribution in [3.63, 3.8) is 0 Å². The van der Waals surface area contributed by atoms with Crippen molar-refractivity contribution >= 4 is 104 Å². The Morgan fingerprint density at radius 1 is 0.709 bits per heavy atom. The fourth-order valence-electron chi connectivity index (χ4n) is 11.7. The normalized spacial score (nSPS) is 18.6. The summed E-state index contributed by atoms with van der Waals surface area (Å²) in [5.74, 6) is -3.02. The van der Waals surface area contributed by atoms with Gasteiger partial charge in [0, 0.05) is 90.5 Å². The second-order valence-electron chi connectivity index (χ2n) is 22.0. The van der Waals surface area contributed by atoms with Gasteiger partial charge in [-0.15, -0.1) is 5.06 Å². The van der Waals surface area contributed by atoms with Crippen LogP contribution in [0, 0.1) is 6.92 Å². The van der Waals surface area contributed by atoms with Gasteiger partial charge >= 0.3 is 5.97 Å². The number of rotatable bonds is 23. The molecular formula is C58H70ClN4O13S3+. The van der Waals surface area contributed by atoms with Crippen molar-refractivity contribution in [1.29, 1.82) is 0 Å². The largest absolute Gasteiger partial charge is 0.371 e. The number of nitrogens with zero attached hydrogens (tertiary/aromatic N) is 4. The van der Waals surface area contributed by atoms with Gasteiger partial charge in [-0.25, -0.2) is 4.79 Å². The first-order valence-corrected chi connectivity index (χ1v) is 32.0. The van der Waals surface area contributed by atoms with E-state index in [0.717, 1.165) is 81.3 Å². The number of hydrogen-bond acceptors (Lipinski definition) is 12. The van der Waals surface area contributed by atoms with Gasteiger partial charge in [-0.05, 0) is 141 Å². The van der Waals surface area contributed by atoms with Crippen molar-refractivity contribution in [3.8, 4) is 0 Å². The fourth-order valence-corrected chi connectivity index (χ4v) is 13.5. The van der Waals surface area contributed by atoms with Gasteiger partial charge in [0.25, 0.3) is 42.2 Å². The molecule has 1 fully saturated rings. The smallest absolute Gasteiger partial charge is 0.333 e. The van der Waals surface area contributed by atoms with E-state index in [1.807, 2.05) is 41.3 Å². The second-order valence-corrected chi connectivity index (χ2v) is 27.1. The van der Waals surface area contributed by atoms with Crippen LogP contribution in [0.15, 0.2) is 107 Å². The van der Waals surface area contributed by atoms with Gasteiger partial charge in [0.2, 0.25) is 5.69 Å². The van der Waals surface area contributed by atoms with Crippen molar-refractivity contribution in [2.75, 3.05) is 53.2 Å². The molecule has 4 aromatic rings. The van der Waals surface area contributed by atoms with E-state index < -0.39 is 76.2 Å². The van der Waals surface area contributed by atoms with Gasteiger partial charge in [-0.1, -0.05) is 73.5 Å². The molecule has 0 aromatic heterocycles. The quantitative estimate of drug-likeness (QED) is 0.0271. The minimum atomic E-state index is -4.25. The van der Waals surface area contributed by atoms with Crippen molar-refractivity contribution in [3.05, 3.63) is 124 Å². The summed E-state index contributed by atoms with van der Waals surface area (Å²) >= 11 is 7.41. The van der Waals surface area contributed by atoms with Gasteiger partial charge in [0.05, 0.1) is 22.7 Å². The number of hydrogen-bond donors (Lipinski definition) is 3. The van der Waals surface area contributed by atoms with Crippen LogP contribution in [-0.2, 0) is 60.4 Å². The molecule has 17 nitrogen and oxygen atoms in total. The molecule has 0 saturated carbocycles. The van der Waals surface area contributed by atoms with E-state index in [4.69, 9.17) is 16.4 Å². The summed E-state index contributed by atoms with van der Waals surface area (Å²) in [6, 6.07) is 20.5. The molecule has 1 saturated heterocycles. The van der Waals surface area contributed by atoms with Gasteiger partial charge in [-0.3, -0.25) is 23.2 Å². The van der Waals surface area contributed by atoms with E-state index in [2.05, 4.69) is 92.7 Å². The van der Waals surface area contributed by atoms with Crippen LogP contribution in [-0.4, -0.2) is 115 Å². The maximum absolute atomic E-state index is 12.6. The molecule has 3 N–H and O–H groups in total. The molecule has 1 aliphatic carbocycles. The van der Waals surface area contributed by atoms with Crippen LogP contribution >= 0.6 is 11.6 Å². The van der Waals surface area contributed by atoms with Crippen LogP contribution in [0.5, 0.6) is 0 Å². The number of carbonyl (C=O) groups is 3. The van der Waals surface area contributed by atoms with E-state index in [0.29, 0.717) is 35.2 Å². The fraction of sp³-hybridized carbons (Fsp3) is 0.448. The molecule has 8 rings (SSSR count). The summed E-state index contributed by atoms with van der Waals surface area (Å²) in [6.45, 7) is 12.1. The lowest BCUT2D eigenvalue weighted by atomic mass is 9.78. The van der Waals surface area contributed by atoms with Crippen LogP contribution in [0.4, 0.5) is 17.1 Å². The van der Waals surface area contributed by atoms with Crippen LogP contribution in [0.3, 0.4) is 0 Å². The molecule has 4 aromatic carbocycles. The lowest BCUT2D eigenvalue weighted by Gasteiger charge is -2.27. The second kappa shape index (κ2) is 23.8. The molecule has 0 spiro atoms. The lowest BCUT2D eigenvalue weighted by molar-refractivity contribution is -0.438. The van der Waals surface area contributed by atoms with Crippen molar-refractivity contribution in [1.82, 2.24) is 5.06 Å². The first kappa shape index (κ1) is 59.4. The van der Waals surface area contributed by atoms with E-state index >= 15 is 0 Å². The Bertz CT molecular complexity index is 3570. The van der Waals surface area contributed by atoms with Gasteiger partial charge < -0.3 is 14.6 Å². The number of aryl methyl sites for hydroxylation is 1. The monoisotopic (exact) mass is 1160 g/mol. The lowest BCUT2D eigenvalue weighted by Crippen LogP contribution is -2.31. The van der Waals surface area contributed by atoms with Gasteiger partial charge in [0.1, 0.15) is 6.54 Å². The molecule has 21 heteroatoms. The van der Waals surface area contributed by atoms with Gasteiger partial charge in [0.15, 0.2) is 5.71 Å². The SMILES string of the molecule is Cc1ccc2c3c(ccc2c1)[N+](CCCCCC(=O)ON1C(=O)CCC1=O)=C(C=CC1=C(Cl)C(=CC=C2N(CCCS(=O)(=O)O)c4ccc5cc(N(CCCS(=O)(=O)O)CCCS(=O)(=O)O)ccc5c4C2(C)C)CCC1)C3(C)C. The topological polar surface area (TPSA) is 236 Å². The third kappa shape index (κ3) is 13.9. The number of halogens is 1. The van der Waals surface area contributed by atoms with E-state index in [1.54, 1.807) is 0 Å².